The lowest BCUT2D eigenvalue weighted by Gasteiger charge is -2.52. The van der Waals surface area contributed by atoms with Crippen molar-refractivity contribution in [1.82, 2.24) is 5.32 Å². The first kappa shape index (κ1) is 12.9. The van der Waals surface area contributed by atoms with Crippen LogP contribution in [0.2, 0.25) is 0 Å². The van der Waals surface area contributed by atoms with Gasteiger partial charge < -0.3 is 15.2 Å². The zero-order chi connectivity index (χ0) is 11.5. The van der Waals surface area contributed by atoms with Gasteiger partial charge in [0, 0.05) is 24.6 Å². The average molecular weight is 215 g/mol. The molecule has 3 atom stereocenters. The zero-order valence-electron chi connectivity index (χ0n) is 10.4. The molecule has 0 aromatic heterocycles. The highest BCUT2D eigenvalue weighted by atomic mass is 16.5. The van der Waals surface area contributed by atoms with E-state index in [-0.39, 0.29) is 11.5 Å². The fraction of sp³-hybridized carbons (Fsp3) is 1.00. The van der Waals surface area contributed by atoms with Crippen LogP contribution in [0.1, 0.15) is 40.5 Å². The van der Waals surface area contributed by atoms with Crippen LogP contribution in [0.4, 0.5) is 0 Å². The van der Waals surface area contributed by atoms with Crippen molar-refractivity contribution in [3.63, 3.8) is 0 Å². The van der Waals surface area contributed by atoms with Crippen LogP contribution in [-0.4, -0.2) is 36.5 Å². The van der Waals surface area contributed by atoms with E-state index in [1.807, 2.05) is 13.8 Å². The fourth-order valence-corrected chi connectivity index (χ4v) is 2.14. The fourth-order valence-electron chi connectivity index (χ4n) is 2.14. The van der Waals surface area contributed by atoms with Gasteiger partial charge in [-0.25, -0.2) is 0 Å². The minimum atomic E-state index is -0.216. The lowest BCUT2D eigenvalue weighted by molar-refractivity contribution is -0.115. The molecule has 1 aliphatic carbocycles. The van der Waals surface area contributed by atoms with Crippen LogP contribution in [0.25, 0.3) is 0 Å². The van der Waals surface area contributed by atoms with Crippen LogP contribution in [0.15, 0.2) is 0 Å². The summed E-state index contributed by atoms with van der Waals surface area (Å²) in [5.74, 6) is 0. The molecule has 0 aromatic carbocycles. The third-order valence-electron chi connectivity index (χ3n) is 3.62. The van der Waals surface area contributed by atoms with Crippen LogP contribution < -0.4 is 5.32 Å². The molecule has 2 N–H and O–H groups in total. The number of hydrogen-bond acceptors (Lipinski definition) is 3. The van der Waals surface area contributed by atoms with Gasteiger partial charge in [-0.1, -0.05) is 20.8 Å². The van der Waals surface area contributed by atoms with Gasteiger partial charge >= 0.3 is 0 Å². The van der Waals surface area contributed by atoms with Crippen molar-refractivity contribution in [3.8, 4) is 0 Å². The van der Waals surface area contributed by atoms with E-state index in [2.05, 4.69) is 19.2 Å². The Labute approximate surface area is 93.2 Å². The van der Waals surface area contributed by atoms with Gasteiger partial charge in [0.25, 0.3) is 0 Å². The predicted molar refractivity (Wildman–Crippen MR) is 61.9 cm³/mol. The summed E-state index contributed by atoms with van der Waals surface area (Å²) in [6.45, 7) is 9.99. The number of hydrogen-bond donors (Lipinski definition) is 2. The summed E-state index contributed by atoms with van der Waals surface area (Å²) < 4.78 is 5.65. The second-order valence-electron chi connectivity index (χ2n) is 5.02. The van der Waals surface area contributed by atoms with Crippen LogP contribution in [0.3, 0.4) is 0 Å². The molecule has 3 heteroatoms. The van der Waals surface area contributed by atoms with E-state index in [1.54, 1.807) is 0 Å². The number of aliphatic hydroxyl groups is 1. The first-order chi connectivity index (χ1) is 7.02. The van der Waals surface area contributed by atoms with Gasteiger partial charge in [-0.15, -0.1) is 0 Å². The maximum atomic E-state index is 9.47. The molecule has 0 heterocycles. The molecule has 0 aromatic rings. The molecule has 3 unspecified atom stereocenters. The Hall–Kier alpha value is -0.120. The number of rotatable bonds is 6. The summed E-state index contributed by atoms with van der Waals surface area (Å²) in [4.78, 5) is 0. The topological polar surface area (TPSA) is 41.5 Å². The van der Waals surface area contributed by atoms with Crippen LogP contribution >= 0.6 is 0 Å². The predicted octanol–water partition coefficient (Wildman–Crippen LogP) is 1.55. The second kappa shape index (κ2) is 5.28. The van der Waals surface area contributed by atoms with Gasteiger partial charge in [0.15, 0.2) is 0 Å². The minimum absolute atomic E-state index is 0.198. The van der Waals surface area contributed by atoms with E-state index >= 15 is 0 Å². The highest BCUT2D eigenvalue weighted by molar-refractivity contribution is 5.02. The van der Waals surface area contributed by atoms with Gasteiger partial charge in [0.1, 0.15) is 0 Å². The largest absolute Gasteiger partial charge is 0.392 e. The first-order valence-corrected chi connectivity index (χ1v) is 6.05. The summed E-state index contributed by atoms with van der Waals surface area (Å²) >= 11 is 0. The third-order valence-corrected chi connectivity index (χ3v) is 3.62. The summed E-state index contributed by atoms with van der Waals surface area (Å²) in [5, 5.41) is 12.9. The van der Waals surface area contributed by atoms with E-state index in [0.717, 1.165) is 19.4 Å². The van der Waals surface area contributed by atoms with Crippen molar-refractivity contribution in [2.45, 2.75) is 58.8 Å². The monoisotopic (exact) mass is 215 g/mol. The lowest BCUT2D eigenvalue weighted by Crippen LogP contribution is -2.61. The van der Waals surface area contributed by atoms with Gasteiger partial charge in [-0.3, -0.25) is 0 Å². The van der Waals surface area contributed by atoms with Crippen LogP contribution in [0.5, 0.6) is 0 Å². The Morgan fingerprint density at radius 1 is 1.47 bits per heavy atom. The van der Waals surface area contributed by atoms with Gasteiger partial charge in [0.2, 0.25) is 0 Å². The van der Waals surface area contributed by atoms with E-state index in [9.17, 15) is 5.11 Å². The van der Waals surface area contributed by atoms with Gasteiger partial charge in [-0.05, 0) is 19.8 Å². The molecule has 1 rings (SSSR count). The van der Waals surface area contributed by atoms with Crippen molar-refractivity contribution in [2.24, 2.45) is 5.41 Å². The molecule has 0 amide bonds. The van der Waals surface area contributed by atoms with Crippen LogP contribution in [0, 0.1) is 5.41 Å². The van der Waals surface area contributed by atoms with Crippen molar-refractivity contribution >= 4 is 0 Å². The number of aliphatic hydroxyl groups excluding tert-OH is 1. The Kier molecular flexibility index (Phi) is 4.56. The van der Waals surface area contributed by atoms with Crippen molar-refractivity contribution in [1.29, 1.82) is 0 Å². The summed E-state index contributed by atoms with van der Waals surface area (Å²) in [6.07, 6.45) is 2.04. The molecule has 0 spiro atoms. The van der Waals surface area contributed by atoms with E-state index in [0.29, 0.717) is 18.7 Å². The average Bonchev–Trinajstić information content (AvgIpc) is 2.21. The molecule has 90 valence electrons. The van der Waals surface area contributed by atoms with Gasteiger partial charge in [0.05, 0.1) is 12.2 Å². The van der Waals surface area contributed by atoms with Crippen molar-refractivity contribution < 1.29 is 9.84 Å². The molecule has 1 fully saturated rings. The second-order valence-corrected chi connectivity index (χ2v) is 5.02. The van der Waals surface area contributed by atoms with Crippen LogP contribution in [-0.2, 0) is 4.74 Å². The molecule has 0 bridgehead atoms. The normalized spacial score (nSPS) is 31.0. The summed E-state index contributed by atoms with van der Waals surface area (Å²) in [6, 6.07) is 0.482. The molecule has 3 nitrogen and oxygen atoms in total. The Morgan fingerprint density at radius 2 is 2.13 bits per heavy atom. The minimum Gasteiger partial charge on any atom is -0.392 e. The van der Waals surface area contributed by atoms with E-state index in [1.165, 1.54) is 0 Å². The lowest BCUT2D eigenvalue weighted by atomic mass is 9.64. The smallest absolute Gasteiger partial charge is 0.0662 e. The molecule has 15 heavy (non-hydrogen) atoms. The molecule has 0 aliphatic heterocycles. The van der Waals surface area contributed by atoms with E-state index < -0.39 is 0 Å². The maximum absolute atomic E-state index is 9.47. The van der Waals surface area contributed by atoms with Crippen molar-refractivity contribution in [2.75, 3.05) is 13.2 Å². The molecule has 1 aliphatic rings. The summed E-state index contributed by atoms with van der Waals surface area (Å²) in [7, 11) is 0. The molecular formula is C12H25NO2. The maximum Gasteiger partial charge on any atom is 0.0662 e. The van der Waals surface area contributed by atoms with Crippen molar-refractivity contribution in [3.05, 3.63) is 0 Å². The Bertz CT molecular complexity index is 194. The number of nitrogens with one attached hydrogen (secondary N) is 1. The Balaban J connectivity index is 2.29. The number of ether oxygens (including phenoxy) is 1. The molecule has 0 saturated heterocycles. The molecule has 0 radical (unpaired) electrons. The first-order valence-electron chi connectivity index (χ1n) is 6.05. The Morgan fingerprint density at radius 3 is 2.60 bits per heavy atom. The van der Waals surface area contributed by atoms with E-state index in [4.69, 9.17) is 4.74 Å². The zero-order valence-corrected chi connectivity index (χ0v) is 10.4. The quantitative estimate of drug-likeness (QED) is 0.706. The highest BCUT2D eigenvalue weighted by Crippen LogP contribution is 2.42. The highest BCUT2D eigenvalue weighted by Gasteiger charge is 2.48. The molecule has 1 saturated carbocycles. The summed E-state index contributed by atoms with van der Waals surface area (Å²) in [5.41, 5.74) is 0.198. The SMILES string of the molecule is CCOC1CC(NCC(O)CC)C1(C)C. The standard InChI is InChI=1S/C12H25NO2/c1-5-9(14)8-13-10-7-11(15-6-2)12(10,3)4/h9-11,13-14H,5-8H2,1-4H3. The van der Waals surface area contributed by atoms with Gasteiger partial charge in [-0.2, -0.15) is 0 Å². The molecular weight excluding hydrogens is 190 g/mol. The third kappa shape index (κ3) is 2.92.